The van der Waals surface area contributed by atoms with E-state index in [4.69, 9.17) is 9.47 Å². The van der Waals surface area contributed by atoms with E-state index >= 15 is 0 Å². The van der Waals surface area contributed by atoms with Gasteiger partial charge in [-0.3, -0.25) is 14.5 Å². The molecule has 39 heavy (non-hydrogen) atoms. The first-order chi connectivity index (χ1) is 19.0. The van der Waals surface area contributed by atoms with Gasteiger partial charge in [-0.05, 0) is 48.2 Å². The van der Waals surface area contributed by atoms with E-state index in [9.17, 15) is 14.7 Å². The van der Waals surface area contributed by atoms with Gasteiger partial charge >= 0.3 is 0 Å². The predicted octanol–water partition coefficient (Wildman–Crippen LogP) is 4.72. The number of rotatable bonds is 9. The Hall–Kier alpha value is -3.94. The van der Waals surface area contributed by atoms with Crippen LogP contribution >= 0.6 is 0 Å². The molecule has 2 saturated heterocycles. The van der Waals surface area contributed by atoms with E-state index in [1.807, 2.05) is 67.6 Å². The molecule has 202 valence electrons. The van der Waals surface area contributed by atoms with Crippen LogP contribution in [0.4, 0.5) is 0 Å². The number of aliphatic hydroxyl groups excluding tert-OH is 1. The molecule has 3 aromatic carbocycles. The van der Waals surface area contributed by atoms with Crippen LogP contribution in [0.15, 0.2) is 84.4 Å². The summed E-state index contributed by atoms with van der Waals surface area (Å²) in [4.78, 5) is 30.5. The number of Topliss-reactive ketones (excluding diaryl/α,β-unsaturated/α-hetero) is 1. The third-order valence-electron chi connectivity index (χ3n) is 7.32. The normalized spacial score (nSPS) is 19.4. The topological polar surface area (TPSA) is 79.3 Å². The summed E-state index contributed by atoms with van der Waals surface area (Å²) in [6, 6.07) is 24.0. The van der Waals surface area contributed by atoms with E-state index < -0.39 is 17.7 Å². The molecule has 5 rings (SSSR count). The molecular formula is C32H34N2O5. The minimum absolute atomic E-state index is 0.120. The lowest BCUT2D eigenvalue weighted by molar-refractivity contribution is -0.140. The molecule has 0 aromatic heterocycles. The molecule has 1 atom stereocenters. The van der Waals surface area contributed by atoms with Crippen molar-refractivity contribution in [1.29, 1.82) is 0 Å². The fraction of sp³-hybridized carbons (Fsp3) is 0.312. The van der Waals surface area contributed by atoms with Gasteiger partial charge in [0.05, 0.1) is 24.8 Å². The van der Waals surface area contributed by atoms with Crippen LogP contribution in [-0.2, 0) is 20.9 Å². The van der Waals surface area contributed by atoms with E-state index in [1.165, 1.54) is 0 Å². The summed E-state index contributed by atoms with van der Waals surface area (Å²) in [7, 11) is 0. The molecule has 2 fully saturated rings. The van der Waals surface area contributed by atoms with Gasteiger partial charge in [-0.25, -0.2) is 0 Å². The summed E-state index contributed by atoms with van der Waals surface area (Å²) in [5.74, 6) is -0.712. The third-order valence-corrected chi connectivity index (χ3v) is 7.32. The summed E-state index contributed by atoms with van der Waals surface area (Å²) < 4.78 is 11.4. The highest BCUT2D eigenvalue weighted by atomic mass is 16.5. The van der Waals surface area contributed by atoms with Crippen molar-refractivity contribution in [1.82, 2.24) is 9.80 Å². The van der Waals surface area contributed by atoms with Gasteiger partial charge in [0.2, 0.25) is 0 Å². The van der Waals surface area contributed by atoms with E-state index in [2.05, 4.69) is 4.90 Å². The van der Waals surface area contributed by atoms with E-state index in [0.29, 0.717) is 37.7 Å². The lowest BCUT2D eigenvalue weighted by atomic mass is 9.95. The van der Waals surface area contributed by atoms with Gasteiger partial charge < -0.3 is 19.5 Å². The summed E-state index contributed by atoms with van der Waals surface area (Å²) in [5, 5.41) is 11.4. The number of ether oxygens (including phenoxy) is 2. The molecule has 1 N–H and O–H groups in total. The predicted molar refractivity (Wildman–Crippen MR) is 149 cm³/mol. The number of carbonyl (C=O) groups is 2. The number of carbonyl (C=O) groups excluding carboxylic acids is 2. The van der Waals surface area contributed by atoms with E-state index in [0.717, 1.165) is 42.7 Å². The summed E-state index contributed by atoms with van der Waals surface area (Å²) in [5.41, 5.74) is 3.28. The van der Waals surface area contributed by atoms with Crippen LogP contribution in [0.1, 0.15) is 34.7 Å². The Morgan fingerprint density at radius 1 is 0.949 bits per heavy atom. The van der Waals surface area contributed by atoms with Crippen LogP contribution in [0, 0.1) is 6.92 Å². The summed E-state index contributed by atoms with van der Waals surface area (Å²) in [6.07, 6.45) is 0.725. The fourth-order valence-corrected chi connectivity index (χ4v) is 5.23. The van der Waals surface area contributed by atoms with E-state index in [1.54, 1.807) is 23.1 Å². The van der Waals surface area contributed by atoms with Crippen LogP contribution in [0.2, 0.25) is 0 Å². The molecular weight excluding hydrogens is 492 g/mol. The monoisotopic (exact) mass is 526 g/mol. The Kier molecular flexibility index (Phi) is 8.39. The van der Waals surface area contributed by atoms with Gasteiger partial charge in [0.25, 0.3) is 11.7 Å². The van der Waals surface area contributed by atoms with Crippen molar-refractivity contribution in [3.63, 3.8) is 0 Å². The molecule has 7 nitrogen and oxygen atoms in total. The van der Waals surface area contributed by atoms with Crippen LogP contribution < -0.4 is 4.74 Å². The Bertz CT molecular complexity index is 1330. The number of likely N-dealkylation sites (tertiary alicyclic amines) is 1. The largest absolute Gasteiger partial charge is 0.507 e. The van der Waals surface area contributed by atoms with Crippen molar-refractivity contribution >= 4 is 17.4 Å². The van der Waals surface area contributed by atoms with Gasteiger partial charge in [-0.15, -0.1) is 0 Å². The minimum atomic E-state index is -0.658. The Morgan fingerprint density at radius 2 is 1.64 bits per heavy atom. The number of aryl methyl sites for hydroxylation is 1. The zero-order valence-corrected chi connectivity index (χ0v) is 22.2. The second-order valence-electron chi connectivity index (χ2n) is 9.97. The molecule has 2 aliphatic rings. The molecule has 0 radical (unpaired) electrons. The van der Waals surface area contributed by atoms with Crippen LogP contribution in [-0.4, -0.2) is 66.0 Å². The molecule has 0 aliphatic carbocycles. The molecule has 0 bridgehead atoms. The number of hydrogen-bond donors (Lipinski definition) is 1. The van der Waals surface area contributed by atoms with Gasteiger partial charge in [0, 0.05) is 31.7 Å². The maximum atomic E-state index is 13.3. The molecule has 3 aromatic rings. The molecule has 1 amide bonds. The zero-order chi connectivity index (χ0) is 27.2. The average molecular weight is 527 g/mol. The molecule has 0 saturated carbocycles. The highest BCUT2D eigenvalue weighted by Crippen LogP contribution is 2.40. The number of ketones is 1. The van der Waals surface area contributed by atoms with Gasteiger partial charge in [-0.1, -0.05) is 60.7 Å². The number of nitrogens with zero attached hydrogens (tertiary/aromatic N) is 2. The second-order valence-corrected chi connectivity index (χ2v) is 9.97. The van der Waals surface area contributed by atoms with Crippen molar-refractivity contribution in [3.05, 3.63) is 107 Å². The van der Waals surface area contributed by atoms with Gasteiger partial charge in [0.15, 0.2) is 0 Å². The number of benzene rings is 3. The Balaban J connectivity index is 1.40. The third kappa shape index (κ3) is 6.05. The number of amides is 1. The average Bonchev–Trinajstić information content (AvgIpc) is 3.23. The Morgan fingerprint density at radius 3 is 2.33 bits per heavy atom. The fourth-order valence-electron chi connectivity index (χ4n) is 5.23. The maximum absolute atomic E-state index is 13.3. The zero-order valence-electron chi connectivity index (χ0n) is 22.2. The minimum Gasteiger partial charge on any atom is -0.507 e. The molecule has 7 heteroatoms. The highest BCUT2D eigenvalue weighted by molar-refractivity contribution is 6.46. The molecule has 2 aliphatic heterocycles. The van der Waals surface area contributed by atoms with Gasteiger partial charge in [0.1, 0.15) is 18.1 Å². The highest BCUT2D eigenvalue weighted by Gasteiger charge is 2.45. The lowest BCUT2D eigenvalue weighted by Crippen LogP contribution is -2.38. The maximum Gasteiger partial charge on any atom is 0.295 e. The van der Waals surface area contributed by atoms with E-state index in [-0.39, 0.29) is 11.3 Å². The van der Waals surface area contributed by atoms with Crippen molar-refractivity contribution in [2.45, 2.75) is 26.0 Å². The van der Waals surface area contributed by atoms with Crippen LogP contribution in [0.25, 0.3) is 5.76 Å². The molecule has 0 spiro atoms. The van der Waals surface area contributed by atoms with Crippen LogP contribution in [0.5, 0.6) is 5.75 Å². The molecule has 1 unspecified atom stereocenters. The molecule has 2 heterocycles. The number of morpholine rings is 1. The number of hydrogen-bond acceptors (Lipinski definition) is 6. The lowest BCUT2D eigenvalue weighted by Gasteiger charge is -2.29. The SMILES string of the molecule is Cc1cc(/C(O)=C2\C(=O)C(=O)N(CCCN3CCOCC3)C2c2ccccc2)ccc1OCc1ccccc1. The second kappa shape index (κ2) is 12.3. The quantitative estimate of drug-likeness (QED) is 0.247. The van der Waals surface area contributed by atoms with Crippen molar-refractivity contribution < 1.29 is 24.2 Å². The van der Waals surface area contributed by atoms with Crippen molar-refractivity contribution in [2.24, 2.45) is 0 Å². The van der Waals surface area contributed by atoms with Crippen molar-refractivity contribution in [2.75, 3.05) is 39.4 Å². The standard InChI is InChI=1S/C32H34N2O5/c1-23-21-26(13-14-27(23)39-22-24-9-4-2-5-10-24)30(35)28-29(25-11-6-3-7-12-25)34(32(37)31(28)36)16-8-15-33-17-19-38-20-18-33/h2-7,9-14,21,29,35H,8,15-20,22H2,1H3/b30-28+. The van der Waals surface area contributed by atoms with Gasteiger partial charge in [-0.2, -0.15) is 0 Å². The van der Waals surface area contributed by atoms with Crippen molar-refractivity contribution in [3.8, 4) is 5.75 Å². The Labute approximate surface area is 229 Å². The first-order valence-electron chi connectivity index (χ1n) is 13.4. The smallest absolute Gasteiger partial charge is 0.295 e. The summed E-state index contributed by atoms with van der Waals surface area (Å²) in [6.45, 7) is 6.72. The summed E-state index contributed by atoms with van der Waals surface area (Å²) >= 11 is 0. The first-order valence-corrected chi connectivity index (χ1v) is 13.4. The first kappa shape index (κ1) is 26.7. The number of aliphatic hydroxyl groups is 1. The van der Waals surface area contributed by atoms with Crippen LogP contribution in [0.3, 0.4) is 0 Å².